The molecule has 26 heavy (non-hydrogen) atoms. The summed E-state index contributed by atoms with van der Waals surface area (Å²) in [5.41, 5.74) is 0. The number of carbonyl (C=O) groups is 1. The highest BCUT2D eigenvalue weighted by Gasteiger charge is 2.25. The normalized spacial score (nSPS) is 24.2. The first-order valence-corrected chi connectivity index (χ1v) is 10.4. The first-order chi connectivity index (χ1) is 12.8. The van der Waals surface area contributed by atoms with Gasteiger partial charge in [0.25, 0.3) is 0 Å². The molecule has 0 radical (unpaired) electrons. The molecule has 0 bridgehead atoms. The number of nitrogens with one attached hydrogen (secondary N) is 1. The molecule has 4 rings (SSSR count). The standard InChI is InChI=1S/C20H31N5O/c26-20(12-16-6-1-2-7-16)23-17-8-5-11-25(14-17)19-13-18(21-15-22-19)24-9-3-4-10-24/h13,15-17H,1-12,14H2,(H,23,26)/t17-/m1/s1. The summed E-state index contributed by atoms with van der Waals surface area (Å²) in [6, 6.07) is 2.36. The molecule has 0 aromatic carbocycles. The van der Waals surface area contributed by atoms with Gasteiger partial charge in [0.1, 0.15) is 18.0 Å². The van der Waals surface area contributed by atoms with E-state index in [2.05, 4.69) is 31.2 Å². The quantitative estimate of drug-likeness (QED) is 0.878. The molecule has 1 aromatic heterocycles. The lowest BCUT2D eigenvalue weighted by molar-refractivity contribution is -0.122. The Labute approximate surface area is 156 Å². The molecule has 0 unspecified atom stereocenters. The fraction of sp³-hybridized carbons (Fsp3) is 0.750. The van der Waals surface area contributed by atoms with Crippen molar-refractivity contribution in [1.29, 1.82) is 0 Å². The van der Waals surface area contributed by atoms with E-state index in [0.717, 1.165) is 50.7 Å². The molecule has 2 saturated heterocycles. The average Bonchev–Trinajstić information content (AvgIpc) is 3.36. The molecule has 1 aromatic rings. The molecule has 3 aliphatic rings. The zero-order chi connectivity index (χ0) is 17.8. The van der Waals surface area contributed by atoms with Gasteiger partial charge in [-0.25, -0.2) is 9.97 Å². The first kappa shape index (κ1) is 17.6. The first-order valence-electron chi connectivity index (χ1n) is 10.4. The summed E-state index contributed by atoms with van der Waals surface area (Å²) in [5, 5.41) is 3.28. The van der Waals surface area contributed by atoms with Crippen LogP contribution in [0.25, 0.3) is 0 Å². The van der Waals surface area contributed by atoms with Gasteiger partial charge < -0.3 is 15.1 Å². The maximum atomic E-state index is 12.4. The molecule has 142 valence electrons. The van der Waals surface area contributed by atoms with Crippen molar-refractivity contribution in [1.82, 2.24) is 15.3 Å². The van der Waals surface area contributed by atoms with Crippen LogP contribution in [0.5, 0.6) is 0 Å². The van der Waals surface area contributed by atoms with Gasteiger partial charge in [0.2, 0.25) is 5.91 Å². The lowest BCUT2D eigenvalue weighted by Gasteiger charge is -2.34. The summed E-state index contributed by atoms with van der Waals surface area (Å²) in [5.74, 6) is 2.89. The van der Waals surface area contributed by atoms with E-state index in [0.29, 0.717) is 12.3 Å². The van der Waals surface area contributed by atoms with Crippen molar-refractivity contribution in [2.75, 3.05) is 36.0 Å². The second-order valence-electron chi connectivity index (χ2n) is 8.14. The number of aromatic nitrogens is 2. The number of piperidine rings is 1. The second kappa shape index (κ2) is 8.23. The number of anilines is 2. The number of rotatable bonds is 5. The fourth-order valence-electron chi connectivity index (χ4n) is 4.70. The third kappa shape index (κ3) is 4.27. The van der Waals surface area contributed by atoms with Crippen molar-refractivity contribution in [2.45, 2.75) is 63.8 Å². The third-order valence-electron chi connectivity index (χ3n) is 6.13. The van der Waals surface area contributed by atoms with E-state index in [9.17, 15) is 4.79 Å². The van der Waals surface area contributed by atoms with Crippen molar-refractivity contribution in [3.05, 3.63) is 12.4 Å². The number of amides is 1. The van der Waals surface area contributed by atoms with E-state index in [1.54, 1.807) is 6.33 Å². The maximum Gasteiger partial charge on any atom is 0.220 e. The Hall–Kier alpha value is -1.85. The number of nitrogens with zero attached hydrogens (tertiary/aromatic N) is 4. The van der Waals surface area contributed by atoms with Crippen LogP contribution >= 0.6 is 0 Å². The van der Waals surface area contributed by atoms with Gasteiger partial charge in [-0.05, 0) is 44.4 Å². The van der Waals surface area contributed by atoms with Gasteiger partial charge in [-0.3, -0.25) is 4.79 Å². The van der Waals surface area contributed by atoms with E-state index in [1.807, 2.05) is 0 Å². The van der Waals surface area contributed by atoms with E-state index in [1.165, 1.54) is 38.5 Å². The van der Waals surface area contributed by atoms with E-state index < -0.39 is 0 Å². The van der Waals surface area contributed by atoms with E-state index in [4.69, 9.17) is 0 Å². The summed E-state index contributed by atoms with van der Waals surface area (Å²) in [6.07, 6.45) is 12.1. The van der Waals surface area contributed by atoms with Crippen LogP contribution in [-0.4, -0.2) is 48.1 Å². The van der Waals surface area contributed by atoms with Gasteiger partial charge in [0.05, 0.1) is 0 Å². The monoisotopic (exact) mass is 357 g/mol. The molecule has 1 atom stereocenters. The second-order valence-corrected chi connectivity index (χ2v) is 8.14. The van der Waals surface area contributed by atoms with E-state index in [-0.39, 0.29) is 11.9 Å². The molecule has 1 amide bonds. The van der Waals surface area contributed by atoms with Crippen LogP contribution in [0.15, 0.2) is 12.4 Å². The molecule has 1 N–H and O–H groups in total. The van der Waals surface area contributed by atoms with Crippen LogP contribution in [0.3, 0.4) is 0 Å². The molecule has 1 saturated carbocycles. The van der Waals surface area contributed by atoms with Gasteiger partial charge in [-0.1, -0.05) is 12.8 Å². The summed E-state index contributed by atoms with van der Waals surface area (Å²) in [4.78, 5) is 26.0. The zero-order valence-corrected chi connectivity index (χ0v) is 15.7. The molecule has 6 heteroatoms. The largest absolute Gasteiger partial charge is 0.356 e. The SMILES string of the molecule is O=C(CC1CCCC1)N[C@@H]1CCCN(c2cc(N3CCCC3)ncn2)C1. The summed E-state index contributed by atoms with van der Waals surface area (Å²) < 4.78 is 0. The van der Waals surface area contributed by atoms with Crippen molar-refractivity contribution in [3.63, 3.8) is 0 Å². The van der Waals surface area contributed by atoms with Crippen LogP contribution < -0.4 is 15.1 Å². The van der Waals surface area contributed by atoms with Crippen molar-refractivity contribution in [2.24, 2.45) is 5.92 Å². The van der Waals surface area contributed by atoms with Crippen LogP contribution in [0.1, 0.15) is 57.8 Å². The van der Waals surface area contributed by atoms with Crippen LogP contribution in [0.4, 0.5) is 11.6 Å². The van der Waals surface area contributed by atoms with Crippen LogP contribution in [-0.2, 0) is 4.79 Å². The Morgan fingerprint density at radius 3 is 2.42 bits per heavy atom. The minimum atomic E-state index is 0.239. The highest BCUT2D eigenvalue weighted by Crippen LogP contribution is 2.28. The number of hydrogen-bond acceptors (Lipinski definition) is 5. The Kier molecular flexibility index (Phi) is 5.56. The predicted molar refractivity (Wildman–Crippen MR) is 103 cm³/mol. The minimum Gasteiger partial charge on any atom is -0.356 e. The third-order valence-corrected chi connectivity index (χ3v) is 6.13. The van der Waals surface area contributed by atoms with Gasteiger partial charge in [0.15, 0.2) is 0 Å². The van der Waals surface area contributed by atoms with Gasteiger partial charge in [-0.2, -0.15) is 0 Å². The van der Waals surface area contributed by atoms with Gasteiger partial charge in [-0.15, -0.1) is 0 Å². The predicted octanol–water partition coefficient (Wildman–Crippen LogP) is 2.74. The molecule has 6 nitrogen and oxygen atoms in total. The van der Waals surface area contributed by atoms with E-state index >= 15 is 0 Å². The average molecular weight is 358 g/mol. The lowest BCUT2D eigenvalue weighted by Crippen LogP contribution is -2.48. The van der Waals surface area contributed by atoms with Gasteiger partial charge >= 0.3 is 0 Å². The molecule has 3 fully saturated rings. The lowest BCUT2D eigenvalue weighted by atomic mass is 10.0. The molecule has 3 heterocycles. The van der Waals surface area contributed by atoms with Gasteiger partial charge in [0, 0.05) is 44.7 Å². The molecular formula is C20H31N5O. The smallest absolute Gasteiger partial charge is 0.220 e. The molecule has 2 aliphatic heterocycles. The Bertz CT molecular complexity index is 610. The Morgan fingerprint density at radius 2 is 1.65 bits per heavy atom. The van der Waals surface area contributed by atoms with Crippen molar-refractivity contribution >= 4 is 17.5 Å². The summed E-state index contributed by atoms with van der Waals surface area (Å²) in [6.45, 7) is 4.05. The highest BCUT2D eigenvalue weighted by atomic mass is 16.1. The van der Waals surface area contributed by atoms with Crippen molar-refractivity contribution < 1.29 is 4.79 Å². The molecule has 0 spiro atoms. The molecule has 1 aliphatic carbocycles. The topological polar surface area (TPSA) is 61.4 Å². The van der Waals surface area contributed by atoms with Crippen molar-refractivity contribution in [3.8, 4) is 0 Å². The highest BCUT2D eigenvalue weighted by molar-refractivity contribution is 5.76. The summed E-state index contributed by atoms with van der Waals surface area (Å²) in [7, 11) is 0. The zero-order valence-electron chi connectivity index (χ0n) is 15.7. The number of hydrogen-bond donors (Lipinski definition) is 1. The minimum absolute atomic E-state index is 0.239. The Morgan fingerprint density at radius 1 is 0.962 bits per heavy atom. The fourth-order valence-corrected chi connectivity index (χ4v) is 4.70. The summed E-state index contributed by atoms with van der Waals surface area (Å²) >= 11 is 0. The van der Waals surface area contributed by atoms with Crippen LogP contribution in [0, 0.1) is 5.92 Å². The molecular weight excluding hydrogens is 326 g/mol. The van der Waals surface area contributed by atoms with Crippen LogP contribution in [0.2, 0.25) is 0 Å². The maximum absolute atomic E-state index is 12.4. The number of carbonyl (C=O) groups excluding carboxylic acids is 1. The Balaban J connectivity index is 1.34.